The summed E-state index contributed by atoms with van der Waals surface area (Å²) in [5.74, 6) is -1.28. The minimum atomic E-state index is -1.22. The fourth-order valence-electron chi connectivity index (χ4n) is 5.52. The van der Waals surface area contributed by atoms with Crippen molar-refractivity contribution < 1.29 is 27.4 Å². The van der Waals surface area contributed by atoms with Gasteiger partial charge in [0.25, 0.3) is 0 Å². The average Bonchev–Trinajstić information content (AvgIpc) is 3.40. The Hall–Kier alpha value is -0.691. The van der Waals surface area contributed by atoms with E-state index in [9.17, 15) is 0 Å². The van der Waals surface area contributed by atoms with E-state index in [1.807, 2.05) is 41.5 Å². The Morgan fingerprint density at radius 3 is 1.42 bits per heavy atom. The fourth-order valence-corrected chi connectivity index (χ4v) is 8.75. The maximum absolute atomic E-state index is 16.5. The van der Waals surface area contributed by atoms with Gasteiger partial charge in [0.1, 0.15) is 0 Å². The average molecular weight is 723 g/mol. The standard InChI is InChI=1S/C22H24B2F2N4O4Te2/c1-9-7-21(3,4)33-23(31-9)13-15(25)11-12(17-19(13)29-35-27-17)16(26)14(20-18(11)28-36-30-20)24-32-10(2)8-22(5,6)34-24/h9-10H,7-8H2,1-6H3. The number of hydrogen-bond acceptors (Lipinski definition) is 8. The molecule has 8 nitrogen and oxygen atoms in total. The second kappa shape index (κ2) is 8.92. The van der Waals surface area contributed by atoms with Crippen LogP contribution in [-0.2, 0) is 18.6 Å². The van der Waals surface area contributed by atoms with Crippen LogP contribution in [-0.4, -0.2) is 92.5 Å². The van der Waals surface area contributed by atoms with E-state index in [1.165, 1.54) is 0 Å². The summed E-state index contributed by atoms with van der Waals surface area (Å²) in [6, 6.07) is 0. The quantitative estimate of drug-likeness (QED) is 0.290. The van der Waals surface area contributed by atoms with Crippen molar-refractivity contribution in [3.63, 3.8) is 0 Å². The van der Waals surface area contributed by atoms with E-state index in [2.05, 4.69) is 12.8 Å². The predicted octanol–water partition coefficient (Wildman–Crippen LogP) is 1.72. The first-order valence-electron chi connectivity index (χ1n) is 11.8. The number of benzene rings is 2. The van der Waals surface area contributed by atoms with Crippen molar-refractivity contribution in [2.24, 2.45) is 0 Å². The molecule has 0 saturated carbocycles. The van der Waals surface area contributed by atoms with Crippen molar-refractivity contribution in [1.82, 2.24) is 12.8 Å². The molecule has 4 heterocycles. The first kappa shape index (κ1) is 25.6. The number of aromatic nitrogens is 4. The summed E-state index contributed by atoms with van der Waals surface area (Å²) in [5, 5.41) is 0.122. The molecule has 2 atom stereocenters. The van der Waals surface area contributed by atoms with Gasteiger partial charge in [-0.15, -0.1) is 0 Å². The summed E-state index contributed by atoms with van der Waals surface area (Å²) in [6.07, 6.45) is 1.03. The number of rotatable bonds is 2. The molecule has 4 aromatic rings. The Bertz CT molecular complexity index is 1400. The van der Waals surface area contributed by atoms with Gasteiger partial charge < -0.3 is 0 Å². The second-order valence-electron chi connectivity index (χ2n) is 10.8. The van der Waals surface area contributed by atoms with Gasteiger partial charge in [-0.05, 0) is 0 Å². The maximum atomic E-state index is 16.5. The molecule has 2 saturated heterocycles. The monoisotopic (exact) mass is 728 g/mol. The van der Waals surface area contributed by atoms with Crippen molar-refractivity contribution in [2.75, 3.05) is 0 Å². The van der Waals surface area contributed by atoms with Crippen molar-refractivity contribution in [2.45, 2.75) is 77.8 Å². The molecule has 0 amide bonds. The first-order valence-corrected chi connectivity index (χ1v) is 16.0. The van der Waals surface area contributed by atoms with Gasteiger partial charge in [0.05, 0.1) is 0 Å². The molecule has 0 N–H and O–H groups in total. The van der Waals surface area contributed by atoms with Crippen LogP contribution in [0.2, 0.25) is 0 Å². The van der Waals surface area contributed by atoms with Gasteiger partial charge in [0, 0.05) is 0 Å². The van der Waals surface area contributed by atoms with Gasteiger partial charge in [-0.25, -0.2) is 0 Å². The molecule has 2 aliphatic heterocycles. The van der Waals surface area contributed by atoms with Gasteiger partial charge in [0.15, 0.2) is 0 Å². The zero-order valence-corrected chi connectivity index (χ0v) is 25.4. The molecule has 36 heavy (non-hydrogen) atoms. The van der Waals surface area contributed by atoms with Crippen molar-refractivity contribution in [3.05, 3.63) is 11.6 Å². The molecule has 6 rings (SSSR count). The van der Waals surface area contributed by atoms with E-state index in [-0.39, 0.29) is 33.9 Å². The Labute approximate surface area is 228 Å². The molecule has 14 heteroatoms. The van der Waals surface area contributed by atoms with Crippen molar-refractivity contribution in [3.8, 4) is 0 Å². The number of halogens is 2. The minimum absolute atomic E-state index is 0.0611. The van der Waals surface area contributed by atoms with Crippen LogP contribution in [0.25, 0.3) is 32.8 Å². The van der Waals surface area contributed by atoms with Crippen LogP contribution in [0.15, 0.2) is 0 Å². The zero-order valence-electron chi connectivity index (χ0n) is 20.7. The molecule has 2 unspecified atom stereocenters. The molecule has 2 fully saturated rings. The van der Waals surface area contributed by atoms with E-state index in [4.69, 9.17) is 18.6 Å². The third-order valence-corrected chi connectivity index (χ3v) is 9.73. The number of hydrogen-bond donors (Lipinski definition) is 0. The second-order valence-corrected chi connectivity index (χ2v) is 13.9. The molecular weight excluding hydrogens is 699 g/mol. The van der Waals surface area contributed by atoms with Gasteiger partial charge in [-0.1, -0.05) is 0 Å². The van der Waals surface area contributed by atoms with Crippen LogP contribution in [0.4, 0.5) is 8.78 Å². The van der Waals surface area contributed by atoms with Crippen LogP contribution in [0.5, 0.6) is 0 Å². The van der Waals surface area contributed by atoms with Crippen LogP contribution >= 0.6 is 0 Å². The molecule has 2 aromatic heterocycles. The SMILES string of the molecule is CC1CC(C)(C)OB(c2c(F)c3c4n[te]nc4c(B4OC(C)CC(C)(C)O4)c(F)c3c3n[te]nc23)O1. The molecule has 188 valence electrons. The number of nitrogens with zero attached hydrogens (tertiary/aromatic N) is 4. The molecule has 2 aliphatic rings. The van der Waals surface area contributed by atoms with Gasteiger partial charge in [-0.2, -0.15) is 0 Å². The van der Waals surface area contributed by atoms with E-state index in [0.29, 0.717) is 34.9 Å². The van der Waals surface area contributed by atoms with Gasteiger partial charge >= 0.3 is 230 Å². The van der Waals surface area contributed by atoms with Crippen LogP contribution in [0.3, 0.4) is 0 Å². The first-order chi connectivity index (χ1) is 17.0. The molecule has 0 spiro atoms. The van der Waals surface area contributed by atoms with Gasteiger partial charge in [0.2, 0.25) is 0 Å². The molecule has 0 bridgehead atoms. The third kappa shape index (κ3) is 4.17. The Morgan fingerprint density at radius 2 is 1.06 bits per heavy atom. The molecule has 2 aromatic carbocycles. The van der Waals surface area contributed by atoms with Crippen LogP contribution < -0.4 is 10.9 Å². The summed E-state index contributed by atoms with van der Waals surface area (Å²) < 4.78 is 75.7. The van der Waals surface area contributed by atoms with E-state index >= 15 is 8.78 Å². The normalized spacial score (nSPS) is 24.3. The Balaban J connectivity index is 1.65. The zero-order chi connectivity index (χ0) is 25.6. The molecule has 0 radical (unpaired) electrons. The van der Waals surface area contributed by atoms with Gasteiger partial charge in [-0.3, -0.25) is 0 Å². The Kier molecular flexibility index (Phi) is 6.34. The Morgan fingerprint density at radius 1 is 0.694 bits per heavy atom. The topological polar surface area (TPSA) is 88.5 Å². The fraction of sp³-hybridized carbons (Fsp3) is 0.545. The van der Waals surface area contributed by atoms with E-state index in [1.54, 1.807) is 0 Å². The van der Waals surface area contributed by atoms with E-state index < -0.39 is 79.1 Å². The van der Waals surface area contributed by atoms with E-state index in [0.717, 1.165) is 0 Å². The summed E-state index contributed by atoms with van der Waals surface area (Å²) in [4.78, 5) is 0. The summed E-state index contributed by atoms with van der Waals surface area (Å²) in [6.45, 7) is 11.7. The predicted molar refractivity (Wildman–Crippen MR) is 135 cm³/mol. The molecule has 0 aliphatic carbocycles. The van der Waals surface area contributed by atoms with Crippen molar-refractivity contribution >= 4 is 100 Å². The van der Waals surface area contributed by atoms with Crippen LogP contribution in [0, 0.1) is 11.6 Å². The van der Waals surface area contributed by atoms with Crippen molar-refractivity contribution in [1.29, 1.82) is 0 Å². The summed E-state index contributed by atoms with van der Waals surface area (Å²) >= 11 is -2.44. The van der Waals surface area contributed by atoms with Crippen LogP contribution in [0.1, 0.15) is 54.4 Å². The summed E-state index contributed by atoms with van der Waals surface area (Å²) in [7, 11) is -1.96. The number of fused-ring (bicyclic) bond motifs is 5. The third-order valence-electron chi connectivity index (χ3n) is 6.72. The summed E-state index contributed by atoms with van der Waals surface area (Å²) in [5.41, 5.74) is 0.580. The molecular formula is C22H24B2F2N4O4Te2.